The number of rotatable bonds is 7. The number of carbonyl (C=O) groups excluding carboxylic acids is 1. The van der Waals surface area contributed by atoms with Crippen LogP contribution < -0.4 is 5.32 Å². The van der Waals surface area contributed by atoms with E-state index in [2.05, 4.69) is 23.3 Å². The number of nitrogens with one attached hydrogen (secondary N) is 1. The topological polar surface area (TPSA) is 63.3 Å². The van der Waals surface area contributed by atoms with Crippen molar-refractivity contribution in [3.05, 3.63) is 42.4 Å². The van der Waals surface area contributed by atoms with Gasteiger partial charge in [0.15, 0.2) is 0 Å². The first kappa shape index (κ1) is 15.3. The van der Waals surface area contributed by atoms with Crippen LogP contribution >= 0.6 is 0 Å². The standard InChI is InChI=1S/C18H24N4O2/c1-13-10-16(13)17-5-4-15(24-17)11-22(14-2-3-14)18(23)20-7-9-21-8-6-19-12-21/h4-6,8,12-14,16H,2-3,7,9-11H2,1H3,(H,20,23)/t13-,16-/m0/s1. The monoisotopic (exact) mass is 328 g/mol. The molecule has 2 aliphatic rings. The maximum atomic E-state index is 12.5. The molecule has 2 amide bonds. The third-order valence-electron chi connectivity index (χ3n) is 4.94. The van der Waals surface area contributed by atoms with Gasteiger partial charge in [-0.25, -0.2) is 9.78 Å². The van der Waals surface area contributed by atoms with Crippen LogP contribution in [0.3, 0.4) is 0 Å². The molecule has 2 heterocycles. The van der Waals surface area contributed by atoms with Gasteiger partial charge < -0.3 is 19.2 Å². The van der Waals surface area contributed by atoms with Crippen LogP contribution in [0.5, 0.6) is 0 Å². The number of carbonyl (C=O) groups is 1. The minimum absolute atomic E-state index is 0.00430. The molecular formula is C18H24N4O2. The molecule has 0 saturated heterocycles. The number of aromatic nitrogens is 2. The van der Waals surface area contributed by atoms with Crippen molar-refractivity contribution in [2.75, 3.05) is 6.54 Å². The van der Waals surface area contributed by atoms with Gasteiger partial charge in [0.1, 0.15) is 11.5 Å². The van der Waals surface area contributed by atoms with Crippen molar-refractivity contribution in [3.63, 3.8) is 0 Å². The Morgan fingerprint density at radius 3 is 2.96 bits per heavy atom. The van der Waals surface area contributed by atoms with Crippen molar-refractivity contribution in [3.8, 4) is 0 Å². The number of hydrogen-bond acceptors (Lipinski definition) is 3. The molecule has 0 aromatic carbocycles. The summed E-state index contributed by atoms with van der Waals surface area (Å²) in [4.78, 5) is 18.4. The molecule has 4 rings (SSSR count). The van der Waals surface area contributed by atoms with Crippen LogP contribution in [0.15, 0.2) is 35.3 Å². The predicted octanol–water partition coefficient (Wildman–Crippen LogP) is 2.97. The van der Waals surface area contributed by atoms with Gasteiger partial charge in [0, 0.05) is 37.4 Å². The fourth-order valence-electron chi connectivity index (χ4n) is 3.13. The van der Waals surface area contributed by atoms with E-state index in [1.807, 2.05) is 21.7 Å². The lowest BCUT2D eigenvalue weighted by atomic mass is 10.3. The predicted molar refractivity (Wildman–Crippen MR) is 89.4 cm³/mol. The van der Waals surface area contributed by atoms with E-state index in [9.17, 15) is 4.79 Å². The van der Waals surface area contributed by atoms with Gasteiger partial charge in [-0.1, -0.05) is 6.92 Å². The van der Waals surface area contributed by atoms with Crippen molar-refractivity contribution >= 4 is 6.03 Å². The summed E-state index contributed by atoms with van der Waals surface area (Å²) in [6.07, 6.45) is 8.79. The van der Waals surface area contributed by atoms with Crippen molar-refractivity contribution < 1.29 is 9.21 Å². The first-order valence-electron chi connectivity index (χ1n) is 8.79. The summed E-state index contributed by atoms with van der Waals surface area (Å²) in [5, 5.41) is 3.01. The summed E-state index contributed by atoms with van der Waals surface area (Å²) in [7, 11) is 0. The highest BCUT2D eigenvalue weighted by Gasteiger charge is 2.37. The zero-order valence-corrected chi connectivity index (χ0v) is 14.0. The Morgan fingerprint density at radius 2 is 2.29 bits per heavy atom. The minimum Gasteiger partial charge on any atom is -0.464 e. The third-order valence-corrected chi connectivity index (χ3v) is 4.94. The van der Waals surface area contributed by atoms with Crippen LogP contribution in [0.2, 0.25) is 0 Å². The summed E-state index contributed by atoms with van der Waals surface area (Å²) < 4.78 is 7.92. The number of urea groups is 1. The first-order chi connectivity index (χ1) is 11.7. The van der Waals surface area contributed by atoms with Gasteiger partial charge in [-0.3, -0.25) is 0 Å². The molecule has 2 aliphatic carbocycles. The van der Waals surface area contributed by atoms with Crippen LogP contribution in [0.25, 0.3) is 0 Å². The second-order valence-electron chi connectivity index (χ2n) is 7.02. The maximum Gasteiger partial charge on any atom is 0.318 e. The quantitative estimate of drug-likeness (QED) is 0.850. The van der Waals surface area contributed by atoms with Crippen LogP contribution in [-0.2, 0) is 13.1 Å². The Morgan fingerprint density at radius 1 is 1.46 bits per heavy atom. The lowest BCUT2D eigenvalue weighted by Crippen LogP contribution is -2.41. The van der Waals surface area contributed by atoms with E-state index in [0.717, 1.165) is 36.8 Å². The molecule has 128 valence electrons. The molecule has 24 heavy (non-hydrogen) atoms. The highest BCUT2D eigenvalue weighted by atomic mass is 16.3. The highest BCUT2D eigenvalue weighted by Crippen LogP contribution is 2.47. The Kier molecular flexibility index (Phi) is 4.04. The molecular weight excluding hydrogens is 304 g/mol. The zero-order valence-electron chi connectivity index (χ0n) is 14.0. The molecule has 0 aliphatic heterocycles. The SMILES string of the molecule is C[C@H]1C[C@@H]1c1ccc(CN(C(=O)NCCn2ccnc2)C2CC2)o1. The van der Waals surface area contributed by atoms with E-state index in [4.69, 9.17) is 4.42 Å². The van der Waals surface area contributed by atoms with Gasteiger partial charge in [-0.2, -0.15) is 0 Å². The van der Waals surface area contributed by atoms with E-state index in [1.54, 1.807) is 12.5 Å². The maximum absolute atomic E-state index is 12.5. The van der Waals surface area contributed by atoms with E-state index in [1.165, 1.54) is 6.42 Å². The lowest BCUT2D eigenvalue weighted by molar-refractivity contribution is 0.186. The fraction of sp³-hybridized carbons (Fsp3) is 0.556. The fourth-order valence-corrected chi connectivity index (χ4v) is 3.13. The summed E-state index contributed by atoms with van der Waals surface area (Å²) in [5.74, 6) is 3.28. The minimum atomic E-state index is -0.00430. The van der Waals surface area contributed by atoms with Gasteiger partial charge in [-0.15, -0.1) is 0 Å². The van der Waals surface area contributed by atoms with Crippen molar-refractivity contribution in [1.29, 1.82) is 0 Å². The number of imidazole rings is 1. The summed E-state index contributed by atoms with van der Waals surface area (Å²) in [6, 6.07) is 4.45. The Hall–Kier alpha value is -2.24. The molecule has 6 nitrogen and oxygen atoms in total. The second kappa shape index (κ2) is 6.34. The normalized spacial score (nSPS) is 22.4. The number of amides is 2. The summed E-state index contributed by atoms with van der Waals surface area (Å²) >= 11 is 0. The van der Waals surface area contributed by atoms with Crippen LogP contribution in [-0.4, -0.2) is 33.1 Å². The average molecular weight is 328 g/mol. The number of nitrogens with zero attached hydrogens (tertiary/aromatic N) is 3. The third kappa shape index (κ3) is 3.47. The molecule has 0 radical (unpaired) electrons. The number of furan rings is 1. The molecule has 0 unspecified atom stereocenters. The molecule has 2 aromatic heterocycles. The highest BCUT2D eigenvalue weighted by molar-refractivity contribution is 5.74. The van der Waals surface area contributed by atoms with Gasteiger partial charge in [0.25, 0.3) is 0 Å². The van der Waals surface area contributed by atoms with Gasteiger partial charge in [0.2, 0.25) is 0 Å². The van der Waals surface area contributed by atoms with Crippen molar-refractivity contribution in [1.82, 2.24) is 19.8 Å². The molecule has 6 heteroatoms. The molecule has 0 bridgehead atoms. The summed E-state index contributed by atoms with van der Waals surface area (Å²) in [5.41, 5.74) is 0. The molecule has 2 atom stereocenters. The summed E-state index contributed by atoms with van der Waals surface area (Å²) in [6.45, 7) is 4.13. The van der Waals surface area contributed by atoms with E-state index in [-0.39, 0.29) is 6.03 Å². The van der Waals surface area contributed by atoms with Gasteiger partial charge in [-0.05, 0) is 37.3 Å². The largest absolute Gasteiger partial charge is 0.464 e. The van der Waals surface area contributed by atoms with E-state index < -0.39 is 0 Å². The van der Waals surface area contributed by atoms with Crippen molar-refractivity contribution in [2.24, 2.45) is 5.92 Å². The molecule has 1 N–H and O–H groups in total. The molecule has 2 fully saturated rings. The van der Waals surface area contributed by atoms with Gasteiger partial charge >= 0.3 is 6.03 Å². The van der Waals surface area contributed by atoms with Crippen LogP contribution in [0.1, 0.15) is 43.6 Å². The second-order valence-corrected chi connectivity index (χ2v) is 7.02. The van der Waals surface area contributed by atoms with Gasteiger partial charge in [0.05, 0.1) is 12.9 Å². The first-order valence-corrected chi connectivity index (χ1v) is 8.79. The lowest BCUT2D eigenvalue weighted by Gasteiger charge is -2.22. The smallest absolute Gasteiger partial charge is 0.318 e. The Balaban J connectivity index is 1.32. The Bertz CT molecular complexity index is 690. The van der Waals surface area contributed by atoms with Crippen LogP contribution in [0.4, 0.5) is 4.79 Å². The van der Waals surface area contributed by atoms with Crippen LogP contribution in [0, 0.1) is 5.92 Å². The zero-order chi connectivity index (χ0) is 16.5. The van der Waals surface area contributed by atoms with Crippen molar-refractivity contribution in [2.45, 2.75) is 51.2 Å². The van der Waals surface area contributed by atoms with E-state index >= 15 is 0 Å². The number of hydrogen-bond donors (Lipinski definition) is 1. The average Bonchev–Trinajstić information content (AvgIpc) is 3.43. The Labute approximate surface area is 141 Å². The molecule has 2 saturated carbocycles. The molecule has 2 aromatic rings. The van der Waals surface area contributed by atoms with E-state index in [0.29, 0.717) is 25.0 Å². The molecule has 0 spiro atoms.